The van der Waals surface area contributed by atoms with Crippen LogP contribution >= 0.6 is 0 Å². The summed E-state index contributed by atoms with van der Waals surface area (Å²) in [5.74, 6) is 0.775. The number of benzene rings is 1. The number of nitrogens with one attached hydrogen (secondary N) is 2. The summed E-state index contributed by atoms with van der Waals surface area (Å²) < 4.78 is 7.23. The van der Waals surface area contributed by atoms with Crippen molar-refractivity contribution in [2.75, 3.05) is 13.7 Å². The lowest BCUT2D eigenvalue weighted by molar-refractivity contribution is -0.123. The van der Waals surface area contributed by atoms with E-state index in [4.69, 9.17) is 4.74 Å². The third kappa shape index (κ3) is 4.82. The number of hydrogen-bond donors (Lipinski definition) is 2. The molecule has 2 N–H and O–H groups in total. The van der Waals surface area contributed by atoms with Gasteiger partial charge in [0, 0.05) is 25.4 Å². The van der Waals surface area contributed by atoms with Crippen molar-refractivity contribution in [1.29, 1.82) is 0 Å². The second kappa shape index (κ2) is 8.33. The average Bonchev–Trinajstić information content (AvgIpc) is 2.98. The van der Waals surface area contributed by atoms with Gasteiger partial charge in [-0.3, -0.25) is 9.48 Å². The highest BCUT2D eigenvalue weighted by atomic mass is 16.5. The third-order valence-electron chi connectivity index (χ3n) is 3.47. The summed E-state index contributed by atoms with van der Waals surface area (Å²) in [5, 5.41) is 10.1. The van der Waals surface area contributed by atoms with Gasteiger partial charge in [-0.15, -0.1) is 0 Å². The van der Waals surface area contributed by atoms with Crippen molar-refractivity contribution in [3.05, 3.63) is 47.8 Å². The predicted octanol–water partition coefficient (Wildman–Crippen LogP) is 1.79. The monoisotopic (exact) mass is 316 g/mol. The maximum atomic E-state index is 12.3. The van der Waals surface area contributed by atoms with Gasteiger partial charge < -0.3 is 15.4 Å². The van der Waals surface area contributed by atoms with E-state index in [0.717, 1.165) is 23.3 Å². The first-order chi connectivity index (χ1) is 11.1. The lowest BCUT2D eigenvalue weighted by atomic mass is 10.1. The van der Waals surface area contributed by atoms with Crippen molar-refractivity contribution in [3.63, 3.8) is 0 Å². The highest BCUT2D eigenvalue weighted by Crippen LogP contribution is 2.14. The molecule has 1 aromatic heterocycles. The fraction of sp³-hybridized carbons (Fsp3) is 0.412. The van der Waals surface area contributed by atoms with Crippen LogP contribution in [0.4, 0.5) is 0 Å². The summed E-state index contributed by atoms with van der Waals surface area (Å²) in [6.45, 7) is 3.26. The van der Waals surface area contributed by atoms with Crippen LogP contribution in [0.5, 0.6) is 5.75 Å². The minimum absolute atomic E-state index is 0.0770. The van der Waals surface area contributed by atoms with Gasteiger partial charge in [-0.1, -0.05) is 19.1 Å². The fourth-order valence-electron chi connectivity index (χ4n) is 2.25. The zero-order valence-corrected chi connectivity index (χ0v) is 13.9. The lowest BCUT2D eigenvalue weighted by Gasteiger charge is -2.14. The molecule has 0 aliphatic rings. The summed E-state index contributed by atoms with van der Waals surface area (Å²) in [5.41, 5.74) is 1.87. The smallest absolute Gasteiger partial charge is 0.242 e. The average molecular weight is 316 g/mol. The Morgan fingerprint density at radius 1 is 1.35 bits per heavy atom. The SMILES string of the molecule is CCCOc1ccc(CNC(=O)C(NC)c2cnn(C)c2)cc1. The Bertz CT molecular complexity index is 622. The Labute approximate surface area is 136 Å². The maximum Gasteiger partial charge on any atom is 0.242 e. The van der Waals surface area contributed by atoms with Gasteiger partial charge in [-0.2, -0.15) is 5.10 Å². The molecule has 0 saturated carbocycles. The number of carbonyl (C=O) groups is 1. The van der Waals surface area contributed by atoms with Crippen LogP contribution in [0, 0.1) is 0 Å². The molecule has 2 aromatic rings. The molecular formula is C17H24N4O2. The van der Waals surface area contributed by atoms with E-state index in [1.807, 2.05) is 37.5 Å². The Morgan fingerprint density at radius 2 is 2.09 bits per heavy atom. The van der Waals surface area contributed by atoms with Crippen LogP contribution in [0.1, 0.15) is 30.5 Å². The normalized spacial score (nSPS) is 12.0. The summed E-state index contributed by atoms with van der Waals surface area (Å²) >= 11 is 0. The van der Waals surface area contributed by atoms with E-state index in [1.165, 1.54) is 0 Å². The van der Waals surface area contributed by atoms with E-state index < -0.39 is 6.04 Å². The number of carbonyl (C=O) groups excluding carboxylic acids is 1. The summed E-state index contributed by atoms with van der Waals surface area (Å²) in [4.78, 5) is 12.3. The Morgan fingerprint density at radius 3 is 2.65 bits per heavy atom. The van der Waals surface area contributed by atoms with Crippen LogP contribution in [0.3, 0.4) is 0 Å². The van der Waals surface area contributed by atoms with Crippen molar-refractivity contribution in [1.82, 2.24) is 20.4 Å². The zero-order valence-electron chi connectivity index (χ0n) is 13.9. The van der Waals surface area contributed by atoms with Gasteiger partial charge in [0.25, 0.3) is 0 Å². The van der Waals surface area contributed by atoms with Gasteiger partial charge in [-0.05, 0) is 31.2 Å². The van der Waals surface area contributed by atoms with Gasteiger partial charge in [0.05, 0.1) is 12.8 Å². The number of hydrogen-bond acceptors (Lipinski definition) is 4. The van der Waals surface area contributed by atoms with E-state index in [-0.39, 0.29) is 5.91 Å². The van der Waals surface area contributed by atoms with Crippen LogP contribution in [-0.2, 0) is 18.4 Å². The largest absolute Gasteiger partial charge is 0.494 e. The molecule has 0 aliphatic heterocycles. The molecule has 1 heterocycles. The molecule has 1 unspecified atom stereocenters. The van der Waals surface area contributed by atoms with Crippen molar-refractivity contribution < 1.29 is 9.53 Å². The highest BCUT2D eigenvalue weighted by molar-refractivity contribution is 5.83. The molecule has 0 spiro atoms. The Balaban J connectivity index is 1.90. The molecular weight excluding hydrogens is 292 g/mol. The number of aryl methyl sites for hydroxylation is 1. The molecule has 6 nitrogen and oxygen atoms in total. The Kier molecular flexibility index (Phi) is 6.17. The maximum absolute atomic E-state index is 12.3. The molecule has 2 rings (SSSR count). The van der Waals surface area contributed by atoms with Crippen LogP contribution in [0.25, 0.3) is 0 Å². The van der Waals surface area contributed by atoms with Crippen molar-refractivity contribution in [3.8, 4) is 5.75 Å². The minimum Gasteiger partial charge on any atom is -0.494 e. The topological polar surface area (TPSA) is 68.2 Å². The first-order valence-corrected chi connectivity index (χ1v) is 7.79. The first kappa shape index (κ1) is 17.0. The second-order valence-electron chi connectivity index (χ2n) is 5.38. The number of nitrogens with zero attached hydrogens (tertiary/aromatic N) is 2. The second-order valence-corrected chi connectivity index (χ2v) is 5.38. The first-order valence-electron chi connectivity index (χ1n) is 7.79. The zero-order chi connectivity index (χ0) is 16.7. The van der Waals surface area contributed by atoms with Gasteiger partial charge in [0.2, 0.25) is 5.91 Å². The molecule has 0 saturated heterocycles. The number of aromatic nitrogens is 2. The molecule has 0 bridgehead atoms. The lowest BCUT2D eigenvalue weighted by Crippen LogP contribution is -2.35. The van der Waals surface area contributed by atoms with Gasteiger partial charge in [0.1, 0.15) is 11.8 Å². The van der Waals surface area contributed by atoms with Gasteiger partial charge in [-0.25, -0.2) is 0 Å². The third-order valence-corrected chi connectivity index (χ3v) is 3.47. The van der Waals surface area contributed by atoms with Crippen molar-refractivity contribution in [2.24, 2.45) is 7.05 Å². The molecule has 6 heteroatoms. The summed E-state index contributed by atoms with van der Waals surface area (Å²) in [7, 11) is 3.59. The molecule has 0 fully saturated rings. The quantitative estimate of drug-likeness (QED) is 0.779. The molecule has 0 radical (unpaired) electrons. The number of likely N-dealkylation sites (N-methyl/N-ethyl adjacent to an activating group) is 1. The summed E-state index contributed by atoms with van der Waals surface area (Å²) in [6, 6.07) is 7.37. The molecule has 124 valence electrons. The molecule has 1 atom stereocenters. The highest BCUT2D eigenvalue weighted by Gasteiger charge is 2.19. The van der Waals surface area contributed by atoms with Crippen molar-refractivity contribution in [2.45, 2.75) is 25.9 Å². The molecule has 23 heavy (non-hydrogen) atoms. The van der Waals surface area contributed by atoms with Crippen LogP contribution in [0.15, 0.2) is 36.7 Å². The number of amides is 1. The van der Waals surface area contributed by atoms with Crippen LogP contribution in [0.2, 0.25) is 0 Å². The van der Waals surface area contributed by atoms with E-state index in [2.05, 4.69) is 22.7 Å². The molecule has 1 amide bonds. The molecule has 1 aromatic carbocycles. The standard InChI is InChI=1S/C17H24N4O2/c1-4-9-23-15-7-5-13(6-8-15)10-19-17(22)16(18-2)14-11-20-21(3)12-14/h5-8,11-12,16,18H,4,9-10H2,1-3H3,(H,19,22). The summed E-state index contributed by atoms with van der Waals surface area (Å²) in [6.07, 6.45) is 4.51. The number of ether oxygens (including phenoxy) is 1. The Hall–Kier alpha value is -2.34. The van der Waals surface area contributed by atoms with E-state index >= 15 is 0 Å². The van der Waals surface area contributed by atoms with E-state index in [1.54, 1.807) is 17.9 Å². The van der Waals surface area contributed by atoms with E-state index in [9.17, 15) is 4.79 Å². The number of rotatable bonds is 8. The predicted molar refractivity (Wildman–Crippen MR) is 89.1 cm³/mol. The van der Waals surface area contributed by atoms with E-state index in [0.29, 0.717) is 13.2 Å². The van der Waals surface area contributed by atoms with Crippen molar-refractivity contribution >= 4 is 5.91 Å². The van der Waals surface area contributed by atoms with Gasteiger partial charge >= 0.3 is 0 Å². The van der Waals surface area contributed by atoms with Gasteiger partial charge in [0.15, 0.2) is 0 Å². The van der Waals surface area contributed by atoms with Crippen LogP contribution in [-0.4, -0.2) is 29.3 Å². The minimum atomic E-state index is -0.407. The fourth-order valence-corrected chi connectivity index (χ4v) is 2.25. The molecule has 0 aliphatic carbocycles. The van der Waals surface area contributed by atoms with Crippen LogP contribution < -0.4 is 15.4 Å².